The number of ketones is 1. The van der Waals surface area contributed by atoms with Crippen molar-refractivity contribution in [3.63, 3.8) is 0 Å². The quantitative estimate of drug-likeness (QED) is 0.391. The van der Waals surface area contributed by atoms with Crippen LogP contribution in [0, 0.1) is 13.8 Å². The third kappa shape index (κ3) is 3.78. The Morgan fingerprint density at radius 2 is 1.35 bits per heavy atom. The summed E-state index contributed by atoms with van der Waals surface area (Å²) in [6.07, 6.45) is 0. The Morgan fingerprint density at radius 1 is 0.769 bits per heavy atom. The van der Waals surface area contributed by atoms with Gasteiger partial charge in [-0.15, -0.1) is 5.11 Å². The summed E-state index contributed by atoms with van der Waals surface area (Å²) in [5.41, 5.74) is 17.4. The van der Waals surface area contributed by atoms with E-state index in [2.05, 4.69) is 10.2 Å². The third-order valence-corrected chi connectivity index (χ3v) is 4.13. The predicted molar refractivity (Wildman–Crippen MR) is 105 cm³/mol. The number of carbonyl (C=O) groups excluding carboxylic acids is 1. The monoisotopic (exact) mass is 344 g/mol. The molecule has 3 rings (SSSR count). The normalized spacial score (nSPS) is 11.0. The maximum Gasteiger partial charge on any atom is 0.193 e. The molecule has 0 saturated heterocycles. The molecule has 26 heavy (non-hydrogen) atoms. The minimum absolute atomic E-state index is 0.0240. The molecule has 3 aromatic carbocycles. The first-order valence-corrected chi connectivity index (χ1v) is 8.23. The molecule has 0 heterocycles. The molecule has 0 amide bonds. The average Bonchev–Trinajstić information content (AvgIpc) is 2.64. The maximum absolute atomic E-state index is 12.5. The van der Waals surface area contributed by atoms with E-state index in [-0.39, 0.29) is 5.78 Å². The highest BCUT2D eigenvalue weighted by Crippen LogP contribution is 2.29. The van der Waals surface area contributed by atoms with Crippen LogP contribution in [0.3, 0.4) is 0 Å². The lowest BCUT2D eigenvalue weighted by atomic mass is 10.0. The Labute approximate surface area is 152 Å². The molecule has 0 aromatic heterocycles. The van der Waals surface area contributed by atoms with Crippen LogP contribution in [0.15, 0.2) is 70.9 Å². The third-order valence-electron chi connectivity index (χ3n) is 4.13. The summed E-state index contributed by atoms with van der Waals surface area (Å²) in [4.78, 5) is 12.5. The minimum Gasteiger partial charge on any atom is -0.398 e. The molecule has 0 aliphatic rings. The van der Waals surface area contributed by atoms with Gasteiger partial charge in [0.05, 0.1) is 11.4 Å². The first kappa shape index (κ1) is 17.4. The van der Waals surface area contributed by atoms with Gasteiger partial charge in [-0.05, 0) is 55.8 Å². The molecule has 5 heteroatoms. The van der Waals surface area contributed by atoms with E-state index in [4.69, 9.17) is 11.5 Å². The van der Waals surface area contributed by atoms with Gasteiger partial charge < -0.3 is 11.5 Å². The molecule has 0 aliphatic heterocycles. The van der Waals surface area contributed by atoms with Gasteiger partial charge >= 0.3 is 0 Å². The van der Waals surface area contributed by atoms with Crippen molar-refractivity contribution in [3.05, 3.63) is 82.9 Å². The van der Waals surface area contributed by atoms with Crippen LogP contribution in [-0.2, 0) is 0 Å². The van der Waals surface area contributed by atoms with Crippen molar-refractivity contribution in [3.8, 4) is 0 Å². The Kier molecular flexibility index (Phi) is 4.80. The van der Waals surface area contributed by atoms with E-state index in [1.807, 2.05) is 38.1 Å². The molecular weight excluding hydrogens is 324 g/mol. The fraction of sp³-hybridized carbons (Fsp3) is 0.0952. The second kappa shape index (κ2) is 7.19. The van der Waals surface area contributed by atoms with Gasteiger partial charge in [-0.3, -0.25) is 4.79 Å². The van der Waals surface area contributed by atoms with Crippen LogP contribution in [0.4, 0.5) is 22.7 Å². The predicted octanol–water partition coefficient (Wildman–Crippen LogP) is 5.11. The molecule has 0 spiro atoms. The SMILES string of the molecule is Cc1ccc(C(=O)c2ccc(N=Nc3cc(N)c(C)cc3N)cc2)cc1. The number of rotatable bonds is 4. The smallest absolute Gasteiger partial charge is 0.193 e. The zero-order valence-electron chi connectivity index (χ0n) is 14.7. The number of azo groups is 1. The fourth-order valence-electron chi connectivity index (χ4n) is 2.48. The highest BCUT2D eigenvalue weighted by atomic mass is 16.1. The fourth-order valence-corrected chi connectivity index (χ4v) is 2.48. The van der Waals surface area contributed by atoms with E-state index in [0.717, 1.165) is 11.1 Å². The van der Waals surface area contributed by atoms with Crippen LogP contribution >= 0.6 is 0 Å². The number of nitrogens with zero attached hydrogens (tertiary/aromatic N) is 2. The second-order valence-electron chi connectivity index (χ2n) is 6.21. The van der Waals surface area contributed by atoms with Gasteiger partial charge in [0.25, 0.3) is 0 Å². The van der Waals surface area contributed by atoms with E-state index in [9.17, 15) is 4.79 Å². The summed E-state index contributed by atoms with van der Waals surface area (Å²) in [7, 11) is 0. The number of hydrogen-bond donors (Lipinski definition) is 2. The van der Waals surface area contributed by atoms with Crippen molar-refractivity contribution < 1.29 is 4.79 Å². The highest BCUT2D eigenvalue weighted by Gasteiger charge is 2.08. The molecule has 5 nitrogen and oxygen atoms in total. The van der Waals surface area contributed by atoms with Gasteiger partial charge in [-0.1, -0.05) is 29.8 Å². The molecule has 0 unspecified atom stereocenters. The lowest BCUT2D eigenvalue weighted by Crippen LogP contribution is -2.00. The van der Waals surface area contributed by atoms with Crippen LogP contribution in [-0.4, -0.2) is 5.78 Å². The number of anilines is 2. The van der Waals surface area contributed by atoms with E-state index in [1.165, 1.54) is 0 Å². The van der Waals surface area contributed by atoms with Crippen molar-refractivity contribution >= 4 is 28.5 Å². The summed E-state index contributed by atoms with van der Waals surface area (Å²) >= 11 is 0. The highest BCUT2D eigenvalue weighted by molar-refractivity contribution is 6.09. The van der Waals surface area contributed by atoms with E-state index < -0.39 is 0 Å². The lowest BCUT2D eigenvalue weighted by Gasteiger charge is -2.04. The summed E-state index contributed by atoms with van der Waals surface area (Å²) in [6, 6.07) is 18.0. The van der Waals surface area contributed by atoms with Gasteiger partial charge in [0.2, 0.25) is 0 Å². The largest absolute Gasteiger partial charge is 0.398 e. The lowest BCUT2D eigenvalue weighted by molar-refractivity contribution is 0.103. The second-order valence-corrected chi connectivity index (χ2v) is 6.21. The van der Waals surface area contributed by atoms with Gasteiger partial charge in [0.15, 0.2) is 5.78 Å². The van der Waals surface area contributed by atoms with E-state index in [0.29, 0.717) is 33.9 Å². The minimum atomic E-state index is -0.0240. The molecule has 0 atom stereocenters. The summed E-state index contributed by atoms with van der Waals surface area (Å²) < 4.78 is 0. The standard InChI is InChI=1S/C21H20N4O/c1-13-3-5-15(6-4-13)21(26)16-7-9-17(10-8-16)24-25-20-12-18(22)14(2)11-19(20)23/h3-12H,22-23H2,1-2H3. The van der Waals surface area contributed by atoms with Gasteiger partial charge in [0.1, 0.15) is 5.69 Å². The van der Waals surface area contributed by atoms with Crippen molar-refractivity contribution in [2.24, 2.45) is 10.2 Å². The maximum atomic E-state index is 12.5. The van der Waals surface area contributed by atoms with Gasteiger partial charge in [0, 0.05) is 16.8 Å². The van der Waals surface area contributed by atoms with Crippen molar-refractivity contribution in [1.29, 1.82) is 0 Å². The van der Waals surface area contributed by atoms with Crippen molar-refractivity contribution in [1.82, 2.24) is 0 Å². The van der Waals surface area contributed by atoms with Crippen LogP contribution in [0.25, 0.3) is 0 Å². The van der Waals surface area contributed by atoms with E-state index in [1.54, 1.807) is 36.4 Å². The van der Waals surface area contributed by atoms with Crippen LogP contribution in [0.1, 0.15) is 27.0 Å². The van der Waals surface area contributed by atoms with E-state index >= 15 is 0 Å². The molecule has 4 N–H and O–H groups in total. The molecule has 0 saturated carbocycles. The Bertz CT molecular complexity index is 974. The number of hydrogen-bond acceptors (Lipinski definition) is 5. The average molecular weight is 344 g/mol. The molecule has 0 radical (unpaired) electrons. The van der Waals surface area contributed by atoms with Crippen LogP contribution in [0.5, 0.6) is 0 Å². The zero-order valence-corrected chi connectivity index (χ0v) is 14.7. The van der Waals surface area contributed by atoms with Gasteiger partial charge in [-0.2, -0.15) is 5.11 Å². The molecular formula is C21H20N4O. The summed E-state index contributed by atoms with van der Waals surface area (Å²) in [6.45, 7) is 3.87. The number of aryl methyl sites for hydroxylation is 2. The number of nitrogens with two attached hydrogens (primary N) is 2. The van der Waals surface area contributed by atoms with Crippen molar-refractivity contribution in [2.75, 3.05) is 11.5 Å². The Morgan fingerprint density at radius 3 is 1.96 bits per heavy atom. The number of carbonyl (C=O) groups is 1. The number of nitrogen functional groups attached to an aromatic ring is 2. The summed E-state index contributed by atoms with van der Waals surface area (Å²) in [5, 5.41) is 8.33. The topological polar surface area (TPSA) is 93.8 Å². The Balaban J connectivity index is 1.78. The molecule has 0 aliphatic carbocycles. The molecule has 130 valence electrons. The van der Waals surface area contributed by atoms with Crippen molar-refractivity contribution in [2.45, 2.75) is 13.8 Å². The molecule has 0 fully saturated rings. The van der Waals surface area contributed by atoms with Gasteiger partial charge in [-0.25, -0.2) is 0 Å². The number of benzene rings is 3. The Hall–Kier alpha value is -3.47. The van der Waals surface area contributed by atoms with Crippen LogP contribution < -0.4 is 11.5 Å². The zero-order chi connectivity index (χ0) is 18.7. The van der Waals surface area contributed by atoms with Crippen LogP contribution in [0.2, 0.25) is 0 Å². The molecule has 3 aromatic rings. The first-order chi connectivity index (χ1) is 12.4. The summed E-state index contributed by atoms with van der Waals surface area (Å²) in [5.74, 6) is -0.0240. The first-order valence-electron chi connectivity index (χ1n) is 8.23. The molecule has 0 bridgehead atoms.